The van der Waals surface area contributed by atoms with Crippen molar-refractivity contribution in [2.75, 3.05) is 18.2 Å². The molecule has 0 aliphatic carbocycles. The maximum Gasteiger partial charge on any atom is 0.405 e. The van der Waals surface area contributed by atoms with E-state index in [9.17, 15) is 9.59 Å². The third-order valence-corrected chi connectivity index (χ3v) is 2.70. The minimum Gasteiger partial charge on any atom is -0.440 e. The average molecular weight is 215 g/mol. The molecule has 2 N–H and O–H groups in total. The van der Waals surface area contributed by atoms with E-state index < -0.39 is 18.7 Å². The fourth-order valence-electron chi connectivity index (χ4n) is 1.01. The number of carbonyl (C=O) groups is 2. The highest BCUT2D eigenvalue weighted by atomic mass is 32.2. The van der Waals surface area contributed by atoms with Crippen molar-refractivity contribution in [3.8, 4) is 6.07 Å². The molecule has 0 radical (unpaired) electrons. The molecule has 0 bridgehead atoms. The predicted octanol–water partition coefficient (Wildman–Crippen LogP) is -0.493. The van der Waals surface area contributed by atoms with Gasteiger partial charge in [-0.3, -0.25) is 4.79 Å². The molecule has 1 heterocycles. The molecule has 2 amide bonds. The highest BCUT2D eigenvalue weighted by molar-refractivity contribution is 7.99. The summed E-state index contributed by atoms with van der Waals surface area (Å²) >= 11 is 1.49. The van der Waals surface area contributed by atoms with E-state index in [4.69, 9.17) is 11.0 Å². The van der Waals surface area contributed by atoms with E-state index in [2.05, 4.69) is 4.74 Å². The summed E-state index contributed by atoms with van der Waals surface area (Å²) in [5.74, 6) is 0.665. The maximum absolute atomic E-state index is 11.3. The predicted molar refractivity (Wildman–Crippen MR) is 49.1 cm³/mol. The molecule has 0 unspecified atom stereocenters. The van der Waals surface area contributed by atoms with Crippen molar-refractivity contribution in [3.05, 3.63) is 0 Å². The Labute approximate surface area is 85.0 Å². The Morgan fingerprint density at radius 1 is 1.71 bits per heavy atom. The zero-order chi connectivity index (χ0) is 10.6. The zero-order valence-electron chi connectivity index (χ0n) is 7.30. The van der Waals surface area contributed by atoms with Crippen LogP contribution in [0.3, 0.4) is 0 Å². The van der Waals surface area contributed by atoms with Gasteiger partial charge in [-0.25, -0.2) is 4.79 Å². The van der Waals surface area contributed by atoms with Crippen LogP contribution in [0.5, 0.6) is 0 Å². The number of amides is 2. The van der Waals surface area contributed by atoms with Gasteiger partial charge in [0, 0.05) is 5.75 Å². The summed E-state index contributed by atoms with van der Waals surface area (Å²) in [6.07, 6.45) is -0.987. The number of carbonyl (C=O) groups excluding carboxylic acids is 2. The lowest BCUT2D eigenvalue weighted by molar-refractivity contribution is -0.133. The monoisotopic (exact) mass is 215 g/mol. The van der Waals surface area contributed by atoms with Crippen molar-refractivity contribution in [2.24, 2.45) is 5.73 Å². The molecule has 6 nitrogen and oxygen atoms in total. The standard InChI is InChI=1S/C7H9N3O3S/c8-1-5-3-14-4-10(5)6(11)2-13-7(9)12/h5H,2-4H2,(H2,9,12)/t5-/m1/s1. The second kappa shape index (κ2) is 4.72. The van der Waals surface area contributed by atoms with Crippen molar-refractivity contribution in [1.29, 1.82) is 5.26 Å². The molecule has 0 aromatic rings. The van der Waals surface area contributed by atoms with Crippen LogP contribution in [-0.4, -0.2) is 41.2 Å². The number of thioether (sulfide) groups is 1. The maximum atomic E-state index is 11.3. The van der Waals surface area contributed by atoms with Gasteiger partial charge in [0.1, 0.15) is 6.04 Å². The minimum atomic E-state index is -0.987. The molecular formula is C7H9N3O3S. The SMILES string of the molecule is N#C[C@@H]1CSCN1C(=O)COC(N)=O. The zero-order valence-corrected chi connectivity index (χ0v) is 8.12. The number of primary amides is 1. The van der Waals surface area contributed by atoms with Gasteiger partial charge in [-0.2, -0.15) is 5.26 Å². The molecular weight excluding hydrogens is 206 g/mol. The van der Waals surface area contributed by atoms with Gasteiger partial charge in [-0.05, 0) is 0 Å². The van der Waals surface area contributed by atoms with Gasteiger partial charge in [0.15, 0.2) is 6.61 Å². The van der Waals surface area contributed by atoms with Gasteiger partial charge < -0.3 is 15.4 Å². The lowest BCUT2D eigenvalue weighted by atomic mass is 10.3. The topological polar surface area (TPSA) is 96.4 Å². The van der Waals surface area contributed by atoms with E-state index in [1.54, 1.807) is 0 Å². The van der Waals surface area contributed by atoms with Crippen molar-refractivity contribution in [1.82, 2.24) is 4.90 Å². The van der Waals surface area contributed by atoms with Crippen LogP contribution in [0.1, 0.15) is 0 Å². The lowest BCUT2D eigenvalue weighted by Crippen LogP contribution is -2.38. The number of nitrogens with zero attached hydrogens (tertiary/aromatic N) is 2. The molecule has 0 spiro atoms. The van der Waals surface area contributed by atoms with E-state index in [0.29, 0.717) is 11.6 Å². The second-order valence-electron chi connectivity index (χ2n) is 2.62. The molecule has 7 heteroatoms. The molecule has 1 aliphatic rings. The summed E-state index contributed by atoms with van der Waals surface area (Å²) < 4.78 is 4.34. The van der Waals surface area contributed by atoms with Gasteiger partial charge >= 0.3 is 6.09 Å². The Bertz CT molecular complexity index is 288. The van der Waals surface area contributed by atoms with Gasteiger partial charge in [-0.1, -0.05) is 0 Å². The normalized spacial score (nSPS) is 20.2. The first-order chi connectivity index (χ1) is 6.65. The molecule has 0 aromatic carbocycles. The quantitative estimate of drug-likeness (QED) is 0.670. The number of nitriles is 1. The van der Waals surface area contributed by atoms with E-state index in [1.807, 2.05) is 6.07 Å². The van der Waals surface area contributed by atoms with E-state index in [0.717, 1.165) is 0 Å². The summed E-state index contributed by atoms with van der Waals surface area (Å²) in [6, 6.07) is 1.57. The van der Waals surface area contributed by atoms with E-state index in [1.165, 1.54) is 16.7 Å². The third-order valence-electron chi connectivity index (χ3n) is 1.69. The van der Waals surface area contributed by atoms with E-state index >= 15 is 0 Å². The van der Waals surface area contributed by atoms with Gasteiger partial charge in [0.2, 0.25) is 0 Å². The molecule has 1 atom stereocenters. The first kappa shape index (κ1) is 10.7. The number of rotatable bonds is 2. The molecule has 1 rings (SSSR count). The largest absolute Gasteiger partial charge is 0.440 e. The Kier molecular flexibility index (Phi) is 3.59. The Morgan fingerprint density at radius 3 is 3.00 bits per heavy atom. The highest BCUT2D eigenvalue weighted by Crippen LogP contribution is 2.20. The molecule has 76 valence electrons. The molecule has 1 saturated heterocycles. The molecule has 0 saturated carbocycles. The van der Waals surface area contributed by atoms with Crippen LogP contribution < -0.4 is 5.73 Å². The summed E-state index contributed by atoms with van der Waals surface area (Å²) in [5, 5.41) is 8.67. The van der Waals surface area contributed by atoms with Crippen LogP contribution in [0.4, 0.5) is 4.79 Å². The lowest BCUT2D eigenvalue weighted by Gasteiger charge is -2.17. The Morgan fingerprint density at radius 2 is 2.43 bits per heavy atom. The van der Waals surface area contributed by atoms with Crippen LogP contribution >= 0.6 is 11.8 Å². The van der Waals surface area contributed by atoms with Gasteiger partial charge in [0.25, 0.3) is 5.91 Å². The Balaban J connectivity index is 2.44. The second-order valence-corrected chi connectivity index (χ2v) is 3.62. The fourth-order valence-corrected chi connectivity index (χ4v) is 2.11. The van der Waals surface area contributed by atoms with Crippen molar-refractivity contribution < 1.29 is 14.3 Å². The van der Waals surface area contributed by atoms with Gasteiger partial charge in [0.05, 0.1) is 11.9 Å². The van der Waals surface area contributed by atoms with Crippen LogP contribution in [0.2, 0.25) is 0 Å². The van der Waals surface area contributed by atoms with Crippen molar-refractivity contribution in [3.63, 3.8) is 0 Å². The smallest absolute Gasteiger partial charge is 0.405 e. The van der Waals surface area contributed by atoms with E-state index in [-0.39, 0.29) is 5.91 Å². The average Bonchev–Trinajstić information content (AvgIpc) is 2.61. The first-order valence-electron chi connectivity index (χ1n) is 3.84. The van der Waals surface area contributed by atoms with Crippen LogP contribution in [0.15, 0.2) is 0 Å². The summed E-state index contributed by atoms with van der Waals surface area (Å²) in [7, 11) is 0. The van der Waals surface area contributed by atoms with Gasteiger partial charge in [-0.15, -0.1) is 11.8 Å². The number of nitrogens with two attached hydrogens (primary N) is 1. The van der Waals surface area contributed by atoms with Crippen LogP contribution in [0.25, 0.3) is 0 Å². The highest BCUT2D eigenvalue weighted by Gasteiger charge is 2.29. The summed E-state index contributed by atoms with van der Waals surface area (Å²) in [6.45, 7) is -0.395. The fraction of sp³-hybridized carbons (Fsp3) is 0.571. The molecule has 14 heavy (non-hydrogen) atoms. The Hall–Kier alpha value is -1.42. The van der Waals surface area contributed by atoms with Crippen molar-refractivity contribution in [2.45, 2.75) is 6.04 Å². The van der Waals surface area contributed by atoms with Crippen LogP contribution in [0, 0.1) is 11.3 Å². The molecule has 1 aliphatic heterocycles. The number of hydrogen-bond acceptors (Lipinski definition) is 5. The number of hydrogen-bond donors (Lipinski definition) is 1. The summed E-state index contributed by atoms with van der Waals surface area (Å²) in [4.78, 5) is 22.9. The minimum absolute atomic E-state index is 0.389. The van der Waals surface area contributed by atoms with Crippen molar-refractivity contribution >= 4 is 23.8 Å². The molecule has 1 fully saturated rings. The first-order valence-corrected chi connectivity index (χ1v) is 4.99. The third kappa shape index (κ3) is 2.53. The molecule has 0 aromatic heterocycles. The number of ether oxygens (including phenoxy) is 1. The summed E-state index contributed by atoms with van der Waals surface area (Å²) in [5.41, 5.74) is 4.70. The van der Waals surface area contributed by atoms with Crippen LogP contribution in [-0.2, 0) is 9.53 Å².